The Morgan fingerprint density at radius 2 is 2.04 bits per heavy atom. The molecule has 28 heavy (non-hydrogen) atoms. The van der Waals surface area contributed by atoms with Crippen molar-refractivity contribution in [1.82, 2.24) is 10.2 Å². The third kappa shape index (κ3) is 4.04. The van der Waals surface area contributed by atoms with Crippen molar-refractivity contribution in [3.05, 3.63) is 63.0 Å². The Labute approximate surface area is 168 Å². The van der Waals surface area contributed by atoms with E-state index in [0.29, 0.717) is 17.0 Å². The van der Waals surface area contributed by atoms with Crippen LogP contribution >= 0.6 is 11.3 Å². The normalized spacial score (nSPS) is 16.8. The Morgan fingerprint density at radius 3 is 2.68 bits per heavy atom. The van der Waals surface area contributed by atoms with E-state index in [4.69, 9.17) is 9.47 Å². The maximum atomic E-state index is 12.8. The molecule has 0 saturated carbocycles. The molecule has 1 atom stereocenters. The Balaban J connectivity index is 1.98. The third-order valence-electron chi connectivity index (χ3n) is 4.80. The number of amides is 2. The van der Waals surface area contributed by atoms with Crippen molar-refractivity contribution in [3.8, 4) is 5.75 Å². The van der Waals surface area contributed by atoms with E-state index < -0.39 is 12.0 Å². The van der Waals surface area contributed by atoms with Crippen LogP contribution in [-0.4, -0.2) is 37.2 Å². The summed E-state index contributed by atoms with van der Waals surface area (Å²) in [5.74, 6) is 0.231. The van der Waals surface area contributed by atoms with Gasteiger partial charge in [0.05, 0.1) is 23.9 Å². The van der Waals surface area contributed by atoms with E-state index in [1.54, 1.807) is 14.0 Å². The molecule has 1 unspecified atom stereocenters. The molecule has 1 aliphatic rings. The van der Waals surface area contributed by atoms with E-state index in [1.165, 1.54) is 21.8 Å². The summed E-state index contributed by atoms with van der Waals surface area (Å²) in [7, 11) is 1.62. The molecular weight excluding hydrogens is 376 g/mol. The number of hydrogen-bond acceptors (Lipinski definition) is 5. The van der Waals surface area contributed by atoms with Crippen molar-refractivity contribution < 1.29 is 19.1 Å². The third-order valence-corrected chi connectivity index (χ3v) is 5.50. The second kappa shape index (κ2) is 8.48. The monoisotopic (exact) mass is 400 g/mol. The van der Waals surface area contributed by atoms with Crippen molar-refractivity contribution in [2.24, 2.45) is 0 Å². The minimum absolute atomic E-state index is 0.0845. The number of nitrogens with one attached hydrogen (secondary N) is 1. The van der Waals surface area contributed by atoms with Crippen LogP contribution in [0.1, 0.15) is 29.7 Å². The summed E-state index contributed by atoms with van der Waals surface area (Å²) in [5.41, 5.74) is 4.02. The lowest BCUT2D eigenvalue weighted by Crippen LogP contribution is -2.48. The van der Waals surface area contributed by atoms with Gasteiger partial charge in [-0.25, -0.2) is 9.59 Å². The number of likely N-dealkylation sites (N-methyl/N-ethyl adjacent to an activating group) is 1. The van der Waals surface area contributed by atoms with Crippen LogP contribution in [0.3, 0.4) is 0 Å². The zero-order chi connectivity index (χ0) is 20.3. The maximum Gasteiger partial charge on any atom is 0.338 e. The average Bonchev–Trinajstić information content (AvgIpc) is 3.20. The lowest BCUT2D eigenvalue weighted by atomic mass is 9.97. The van der Waals surface area contributed by atoms with Gasteiger partial charge in [-0.3, -0.25) is 4.90 Å². The molecule has 1 aliphatic heterocycles. The predicted molar refractivity (Wildman–Crippen MR) is 108 cm³/mol. The first-order valence-electron chi connectivity index (χ1n) is 9.09. The van der Waals surface area contributed by atoms with Crippen molar-refractivity contribution in [1.29, 1.82) is 0 Å². The van der Waals surface area contributed by atoms with Crippen LogP contribution in [-0.2, 0) is 9.53 Å². The van der Waals surface area contributed by atoms with Gasteiger partial charge in [0.15, 0.2) is 0 Å². The molecule has 3 rings (SSSR count). The Bertz CT molecular complexity index is 905. The zero-order valence-electron chi connectivity index (χ0n) is 16.4. The smallest absolute Gasteiger partial charge is 0.338 e. The molecule has 2 amide bonds. The van der Waals surface area contributed by atoms with Gasteiger partial charge in [0, 0.05) is 7.05 Å². The number of hydrogen-bond donors (Lipinski definition) is 1. The van der Waals surface area contributed by atoms with Crippen LogP contribution in [0.2, 0.25) is 0 Å². The van der Waals surface area contributed by atoms with Crippen LogP contribution < -0.4 is 10.1 Å². The van der Waals surface area contributed by atoms with E-state index in [9.17, 15) is 9.59 Å². The van der Waals surface area contributed by atoms with Gasteiger partial charge < -0.3 is 14.8 Å². The van der Waals surface area contributed by atoms with Crippen LogP contribution in [0, 0.1) is 13.8 Å². The maximum absolute atomic E-state index is 12.8. The fraction of sp³-hybridized carbons (Fsp3) is 0.333. The highest BCUT2D eigenvalue weighted by Crippen LogP contribution is 2.32. The van der Waals surface area contributed by atoms with Gasteiger partial charge in [-0.15, -0.1) is 0 Å². The molecule has 2 aromatic rings. The average molecular weight is 401 g/mol. The highest BCUT2D eigenvalue weighted by molar-refractivity contribution is 7.08. The predicted octanol–water partition coefficient (Wildman–Crippen LogP) is 3.96. The van der Waals surface area contributed by atoms with Crippen LogP contribution in [0.5, 0.6) is 5.75 Å². The quantitative estimate of drug-likeness (QED) is 0.746. The van der Waals surface area contributed by atoms with E-state index in [1.807, 2.05) is 48.9 Å². The summed E-state index contributed by atoms with van der Waals surface area (Å²) in [5, 5.41) is 6.71. The molecule has 2 heterocycles. The van der Waals surface area contributed by atoms with E-state index >= 15 is 0 Å². The molecule has 6 nitrogen and oxygen atoms in total. The number of ether oxygens (including phenoxy) is 2. The summed E-state index contributed by atoms with van der Waals surface area (Å²) in [6, 6.07) is 6.85. The summed E-state index contributed by atoms with van der Waals surface area (Å²) < 4.78 is 11.2. The summed E-state index contributed by atoms with van der Waals surface area (Å²) in [4.78, 5) is 26.7. The van der Waals surface area contributed by atoms with Crippen LogP contribution in [0.15, 0.2) is 46.3 Å². The molecule has 1 aromatic carbocycles. The topological polar surface area (TPSA) is 67.9 Å². The minimum atomic E-state index is -0.563. The molecule has 7 heteroatoms. The number of esters is 1. The number of rotatable bonds is 6. The fourth-order valence-corrected chi connectivity index (χ4v) is 3.71. The number of aryl methyl sites for hydroxylation is 2. The van der Waals surface area contributed by atoms with Gasteiger partial charge >= 0.3 is 12.0 Å². The van der Waals surface area contributed by atoms with Gasteiger partial charge in [0.2, 0.25) is 0 Å². The summed E-state index contributed by atoms with van der Waals surface area (Å²) in [6.07, 6.45) is 0. The summed E-state index contributed by atoms with van der Waals surface area (Å²) >= 11 is 1.51. The first-order valence-corrected chi connectivity index (χ1v) is 10.0. The van der Waals surface area contributed by atoms with Gasteiger partial charge in [-0.1, -0.05) is 6.07 Å². The second-order valence-corrected chi connectivity index (χ2v) is 7.39. The fourth-order valence-electron chi connectivity index (χ4n) is 3.03. The van der Waals surface area contributed by atoms with E-state index in [2.05, 4.69) is 5.32 Å². The number of carbonyl (C=O) groups is 2. The first kappa shape index (κ1) is 19.9. The highest BCUT2D eigenvalue weighted by Gasteiger charge is 2.37. The van der Waals surface area contributed by atoms with Gasteiger partial charge in [-0.2, -0.15) is 11.3 Å². The summed E-state index contributed by atoms with van der Waals surface area (Å²) in [6.45, 7) is 6.14. The van der Waals surface area contributed by atoms with Crippen molar-refractivity contribution in [3.63, 3.8) is 0 Å². The first-order chi connectivity index (χ1) is 13.4. The zero-order valence-corrected chi connectivity index (χ0v) is 17.3. The van der Waals surface area contributed by atoms with Crippen molar-refractivity contribution in [2.45, 2.75) is 26.8 Å². The van der Waals surface area contributed by atoms with E-state index in [0.717, 1.165) is 11.1 Å². The lowest BCUT2D eigenvalue weighted by molar-refractivity contribution is -0.139. The second-order valence-electron chi connectivity index (χ2n) is 6.61. The van der Waals surface area contributed by atoms with Crippen LogP contribution in [0.4, 0.5) is 4.79 Å². The molecule has 1 N–H and O–H groups in total. The van der Waals surface area contributed by atoms with Gasteiger partial charge in [0.25, 0.3) is 0 Å². The molecular formula is C21H24N2O4S. The van der Waals surface area contributed by atoms with Gasteiger partial charge in [-0.05, 0) is 66.4 Å². The Hall–Kier alpha value is -2.80. The number of urea groups is 1. The lowest BCUT2D eigenvalue weighted by Gasteiger charge is -2.34. The van der Waals surface area contributed by atoms with Gasteiger partial charge in [0.1, 0.15) is 12.4 Å². The Kier molecular flexibility index (Phi) is 6.04. The molecule has 0 spiro atoms. The molecule has 0 fully saturated rings. The highest BCUT2D eigenvalue weighted by atomic mass is 32.1. The van der Waals surface area contributed by atoms with E-state index in [-0.39, 0.29) is 19.2 Å². The molecule has 0 saturated heterocycles. The van der Waals surface area contributed by atoms with Crippen molar-refractivity contribution >= 4 is 23.3 Å². The van der Waals surface area contributed by atoms with Crippen LogP contribution in [0.25, 0.3) is 0 Å². The molecule has 0 bridgehead atoms. The molecule has 148 valence electrons. The number of carbonyl (C=O) groups excluding carboxylic acids is 2. The van der Waals surface area contributed by atoms with Crippen molar-refractivity contribution in [2.75, 3.05) is 20.3 Å². The molecule has 0 aliphatic carbocycles. The molecule has 0 radical (unpaired) electrons. The SMILES string of the molecule is CCOC(=O)C1=C(COc2ccc(C)c(C)c2)N(C)C(=O)NC1c1ccsc1. The number of nitrogens with zero attached hydrogens (tertiary/aromatic N) is 1. The standard InChI is InChI=1S/C21H24N2O4S/c1-5-26-20(24)18-17(11-27-16-7-6-13(2)14(3)10-16)23(4)21(25)22-19(18)15-8-9-28-12-15/h6-10,12,19H,5,11H2,1-4H3,(H,22,25). The number of benzene rings is 1. The molecule has 1 aromatic heterocycles. The number of thiophene rings is 1. The largest absolute Gasteiger partial charge is 0.487 e. The Morgan fingerprint density at radius 1 is 1.25 bits per heavy atom. The minimum Gasteiger partial charge on any atom is -0.487 e.